The van der Waals surface area contributed by atoms with E-state index in [4.69, 9.17) is 16.4 Å². The number of benzene rings is 4. The molecule has 0 radical (unpaired) electrons. The van der Waals surface area contributed by atoms with Gasteiger partial charge in [-0.15, -0.1) is 29.1 Å². The molecular weight excluding hydrogens is 741 g/mol. The third kappa shape index (κ3) is 12.4. The van der Waals surface area contributed by atoms with Crippen LogP contribution in [0.25, 0.3) is 16.4 Å². The zero-order valence-electron chi connectivity index (χ0n) is 38.1. The van der Waals surface area contributed by atoms with Crippen LogP contribution in [-0.2, 0) is 38.2 Å². The Kier molecular flexibility index (Phi) is 17.1. The van der Waals surface area contributed by atoms with Crippen LogP contribution in [0.3, 0.4) is 0 Å². The minimum absolute atomic E-state index is 0. The fourth-order valence-electron chi connectivity index (χ4n) is 7.78. The van der Waals surface area contributed by atoms with Gasteiger partial charge in [0.15, 0.2) is 0 Å². The molecule has 0 unspecified atom stereocenters. The number of nitrogens with one attached hydrogen (secondary N) is 1. The topological polar surface area (TPSA) is 52.0 Å². The van der Waals surface area contributed by atoms with Crippen molar-refractivity contribution < 1.29 is 16.5 Å². The average molecular weight is 817 g/mol. The molecule has 0 saturated carbocycles. The van der Waals surface area contributed by atoms with Gasteiger partial charge in [0.25, 0.3) is 0 Å². The van der Waals surface area contributed by atoms with E-state index >= 15 is 0 Å². The molecule has 0 aromatic heterocycles. The van der Waals surface area contributed by atoms with Crippen LogP contribution in [0, 0.1) is 13.8 Å². The summed E-state index contributed by atoms with van der Waals surface area (Å²) in [5.41, 5.74) is 20.3. The van der Waals surface area contributed by atoms with Gasteiger partial charge in [0, 0.05) is 16.5 Å². The Bertz CT molecular complexity index is 1850. The molecule has 0 aliphatic rings. The maximum atomic E-state index is 8.63. The summed E-state index contributed by atoms with van der Waals surface area (Å²) in [6.07, 6.45) is 3.78. The molecule has 0 amide bonds. The Morgan fingerprint density at radius 3 is 1.39 bits per heavy atom. The summed E-state index contributed by atoms with van der Waals surface area (Å²) >= 11 is 0. The van der Waals surface area contributed by atoms with Gasteiger partial charge in [-0.1, -0.05) is 229 Å². The van der Waals surface area contributed by atoms with Crippen molar-refractivity contribution in [2.45, 2.75) is 170 Å². The molecule has 0 spiro atoms. The SMILES string of the molecule is Cc1ccccc1[N-]c1cc(C(C)(C)C)cc(C(C)(C)C)c1[NH-].[CH2-]c1c([N-]c2ccccc2[Si](CCC)(CCC)CCC)cc(C(C)(C)C)cc1C(C)(C)C.[Ni]. The number of nitrogens with zero attached hydrogens (tertiary/aromatic N) is 2. The molecule has 4 rings (SSSR count). The van der Waals surface area contributed by atoms with Crippen molar-refractivity contribution in [2.75, 3.05) is 0 Å². The van der Waals surface area contributed by atoms with Gasteiger partial charge in [0.2, 0.25) is 0 Å². The van der Waals surface area contributed by atoms with Gasteiger partial charge in [-0.3, -0.25) is 0 Å². The second-order valence-electron chi connectivity index (χ2n) is 20.0. The Morgan fingerprint density at radius 1 is 0.536 bits per heavy atom. The number of hydrogen-bond acceptors (Lipinski definition) is 0. The van der Waals surface area contributed by atoms with Crippen molar-refractivity contribution in [1.82, 2.24) is 0 Å². The first-order chi connectivity index (χ1) is 25.4. The second-order valence-corrected chi connectivity index (χ2v) is 24.6. The van der Waals surface area contributed by atoms with Crippen LogP contribution >= 0.6 is 0 Å². The van der Waals surface area contributed by atoms with Gasteiger partial charge >= 0.3 is 0 Å². The van der Waals surface area contributed by atoms with Crippen molar-refractivity contribution in [2.24, 2.45) is 0 Å². The number of rotatable bonds is 11. The van der Waals surface area contributed by atoms with Crippen LogP contribution in [0.4, 0.5) is 28.4 Å². The Balaban J connectivity index is 0.000000399. The van der Waals surface area contributed by atoms with E-state index in [9.17, 15) is 0 Å². The zero-order chi connectivity index (χ0) is 41.6. The van der Waals surface area contributed by atoms with Crippen molar-refractivity contribution in [3.05, 3.63) is 129 Å². The Hall–Kier alpha value is -3.14. The van der Waals surface area contributed by atoms with Crippen LogP contribution in [0.2, 0.25) is 18.1 Å². The van der Waals surface area contributed by atoms with E-state index in [1.165, 1.54) is 59.8 Å². The quantitative estimate of drug-likeness (QED) is 0.107. The minimum atomic E-state index is -1.60. The molecule has 312 valence electrons. The summed E-state index contributed by atoms with van der Waals surface area (Å²) in [6, 6.07) is 30.1. The van der Waals surface area contributed by atoms with Gasteiger partial charge in [-0.2, -0.15) is 18.3 Å². The molecule has 4 aromatic carbocycles. The van der Waals surface area contributed by atoms with Crippen molar-refractivity contribution in [1.29, 1.82) is 0 Å². The maximum Gasteiger partial charge on any atom is 0.0850 e. The summed E-state index contributed by atoms with van der Waals surface area (Å²) in [6.45, 7) is 40.4. The van der Waals surface area contributed by atoms with Crippen LogP contribution in [0.1, 0.15) is 156 Å². The van der Waals surface area contributed by atoms with Crippen LogP contribution < -0.4 is 5.19 Å². The van der Waals surface area contributed by atoms with Gasteiger partial charge in [0.1, 0.15) is 0 Å². The van der Waals surface area contributed by atoms with E-state index in [0.29, 0.717) is 5.69 Å². The van der Waals surface area contributed by atoms with Gasteiger partial charge < -0.3 is 16.4 Å². The average Bonchev–Trinajstić information content (AvgIpc) is 3.06. The fourth-order valence-corrected chi connectivity index (χ4v) is 13.3. The Labute approximate surface area is 355 Å². The molecule has 4 aromatic rings. The molecular formula is C51H75N3NiSi-4. The number of hydrogen-bond donors (Lipinski definition) is 0. The summed E-state index contributed by atoms with van der Waals surface area (Å²) in [7, 11) is -1.60. The molecule has 0 aliphatic carbocycles. The normalized spacial score (nSPS) is 12.4. The minimum Gasteiger partial charge on any atom is -0.716 e. The summed E-state index contributed by atoms with van der Waals surface area (Å²) in [5, 5.41) is 11.7. The van der Waals surface area contributed by atoms with Gasteiger partial charge in [-0.05, 0) is 28.7 Å². The third-order valence-corrected chi connectivity index (χ3v) is 16.9. The molecule has 0 atom stereocenters. The van der Waals surface area contributed by atoms with Crippen molar-refractivity contribution >= 4 is 41.7 Å². The maximum absolute atomic E-state index is 8.63. The summed E-state index contributed by atoms with van der Waals surface area (Å²) < 4.78 is 0. The largest absolute Gasteiger partial charge is 0.716 e. The van der Waals surface area contributed by atoms with E-state index in [1.807, 2.05) is 18.2 Å². The molecule has 0 fully saturated rings. The molecule has 5 heteroatoms. The predicted molar refractivity (Wildman–Crippen MR) is 250 cm³/mol. The zero-order valence-corrected chi connectivity index (χ0v) is 40.1. The first-order valence-electron chi connectivity index (χ1n) is 20.9. The van der Waals surface area contributed by atoms with E-state index in [2.05, 4.69) is 172 Å². The predicted octanol–water partition coefficient (Wildman–Crippen LogP) is 17.3. The number of aryl methyl sites for hydroxylation is 1. The van der Waals surface area contributed by atoms with Crippen LogP contribution in [0.15, 0.2) is 72.8 Å². The standard InChI is InChI=1S/C30H47NSi.C21H28N2.Ni/c1-11-18-32(19-12-2,20-13-3)28-17-15-14-16-26(28)31-27-22-24(29(5,6)7)21-25(23(27)4)30(8,9)10;1-14-10-8-9-11-17(14)23-18-13-15(20(2,3)4)12-16(19(18)22)21(5,6)7;/h14-17,21-22H,4,11-13,18-20H2,1-3,5-10H3;8-13,22H,1-7H3;/q2*-2;. The van der Waals surface area contributed by atoms with E-state index in [1.54, 1.807) is 5.19 Å². The first-order valence-corrected chi connectivity index (χ1v) is 23.5. The van der Waals surface area contributed by atoms with E-state index < -0.39 is 8.07 Å². The molecule has 0 heterocycles. The monoisotopic (exact) mass is 816 g/mol. The Morgan fingerprint density at radius 2 is 0.946 bits per heavy atom. The number of para-hydroxylation sites is 2. The third-order valence-electron chi connectivity index (χ3n) is 11.0. The van der Waals surface area contributed by atoms with E-state index in [0.717, 1.165) is 33.8 Å². The molecule has 1 N–H and O–H groups in total. The smallest absolute Gasteiger partial charge is 0.0850 e. The van der Waals surface area contributed by atoms with Gasteiger partial charge in [0.05, 0.1) is 8.07 Å². The van der Waals surface area contributed by atoms with Crippen LogP contribution in [-0.4, -0.2) is 8.07 Å². The van der Waals surface area contributed by atoms with E-state index in [-0.39, 0.29) is 38.2 Å². The van der Waals surface area contributed by atoms with Crippen molar-refractivity contribution in [3.63, 3.8) is 0 Å². The molecule has 3 nitrogen and oxygen atoms in total. The molecule has 0 aliphatic heterocycles. The summed E-state index contributed by atoms with van der Waals surface area (Å²) in [4.78, 5) is 0. The molecule has 56 heavy (non-hydrogen) atoms. The summed E-state index contributed by atoms with van der Waals surface area (Å²) in [5.74, 6) is 0. The second kappa shape index (κ2) is 19.5. The molecule has 0 bridgehead atoms. The van der Waals surface area contributed by atoms with Crippen LogP contribution in [0.5, 0.6) is 0 Å². The molecule has 0 saturated heterocycles. The van der Waals surface area contributed by atoms with Gasteiger partial charge in [-0.25, -0.2) is 11.3 Å². The first kappa shape index (κ1) is 49.0. The van der Waals surface area contributed by atoms with Crippen molar-refractivity contribution in [3.8, 4) is 0 Å². The fraction of sp³-hybridized carbons (Fsp3) is 0.510.